The normalized spacial score (nSPS) is 10.7. The Morgan fingerprint density at radius 2 is 2.10 bits per heavy atom. The Labute approximate surface area is 122 Å². The Morgan fingerprint density at radius 1 is 1.20 bits per heavy atom. The van der Waals surface area contributed by atoms with Gasteiger partial charge in [0.15, 0.2) is 0 Å². The van der Waals surface area contributed by atoms with Crippen molar-refractivity contribution in [2.45, 2.75) is 6.54 Å². The Kier molecular flexibility index (Phi) is 3.52. The Balaban J connectivity index is 1.79. The largest absolute Gasteiger partial charge is 0.497 e. The van der Waals surface area contributed by atoms with Gasteiger partial charge < -0.3 is 15.0 Å². The number of halogens is 1. The van der Waals surface area contributed by atoms with Gasteiger partial charge in [0.05, 0.1) is 7.11 Å². The van der Waals surface area contributed by atoms with Crippen LogP contribution in [0.2, 0.25) is 5.02 Å². The average molecular weight is 287 g/mol. The number of rotatable bonds is 4. The first-order valence-corrected chi connectivity index (χ1v) is 6.77. The van der Waals surface area contributed by atoms with Crippen molar-refractivity contribution in [2.75, 3.05) is 12.4 Å². The van der Waals surface area contributed by atoms with Crippen LogP contribution < -0.4 is 10.1 Å². The molecule has 0 unspecified atom stereocenters. The highest BCUT2D eigenvalue weighted by atomic mass is 35.5. The number of hydrogen-bond acceptors (Lipinski definition) is 2. The fourth-order valence-electron chi connectivity index (χ4n) is 2.24. The predicted molar refractivity (Wildman–Crippen MR) is 83.6 cm³/mol. The lowest BCUT2D eigenvalue weighted by atomic mass is 10.1. The summed E-state index contributed by atoms with van der Waals surface area (Å²) in [7, 11) is 1.67. The van der Waals surface area contributed by atoms with E-state index in [4.69, 9.17) is 16.3 Å². The van der Waals surface area contributed by atoms with E-state index < -0.39 is 0 Å². The maximum absolute atomic E-state index is 5.98. The molecule has 3 aromatic rings. The standard InChI is InChI=1S/C16H15ClN2O/c1-20-14-4-2-3-13(8-14)18-9-11-10-19-16-7-12(17)5-6-15(11)16/h2-8,10,18-19H,9H2,1H3. The minimum atomic E-state index is 0.742. The molecule has 102 valence electrons. The number of benzene rings is 2. The molecule has 0 aliphatic rings. The summed E-state index contributed by atoms with van der Waals surface area (Å²) in [5.74, 6) is 0.848. The van der Waals surface area contributed by atoms with Crippen molar-refractivity contribution in [3.05, 3.63) is 59.2 Å². The number of anilines is 1. The predicted octanol–water partition coefficient (Wildman–Crippen LogP) is 4.44. The van der Waals surface area contributed by atoms with Gasteiger partial charge in [0.1, 0.15) is 5.75 Å². The smallest absolute Gasteiger partial charge is 0.120 e. The van der Waals surface area contributed by atoms with Gasteiger partial charge in [0.2, 0.25) is 0 Å². The van der Waals surface area contributed by atoms with Gasteiger partial charge >= 0.3 is 0 Å². The van der Waals surface area contributed by atoms with Crippen LogP contribution in [0.1, 0.15) is 5.56 Å². The third-order valence-electron chi connectivity index (χ3n) is 3.28. The number of hydrogen-bond donors (Lipinski definition) is 2. The summed E-state index contributed by atoms with van der Waals surface area (Å²) in [5.41, 5.74) is 3.30. The monoisotopic (exact) mass is 286 g/mol. The molecule has 0 fully saturated rings. The van der Waals surface area contributed by atoms with Crippen LogP contribution in [0.3, 0.4) is 0 Å². The van der Waals surface area contributed by atoms with Crippen molar-refractivity contribution >= 4 is 28.2 Å². The molecule has 0 aliphatic carbocycles. The minimum absolute atomic E-state index is 0.742. The Morgan fingerprint density at radius 3 is 2.95 bits per heavy atom. The van der Waals surface area contributed by atoms with Crippen molar-refractivity contribution in [2.24, 2.45) is 0 Å². The van der Waals surface area contributed by atoms with Gasteiger partial charge in [-0.2, -0.15) is 0 Å². The van der Waals surface area contributed by atoms with Crippen LogP contribution in [0.25, 0.3) is 10.9 Å². The third kappa shape index (κ3) is 2.58. The number of methoxy groups -OCH3 is 1. The van der Waals surface area contributed by atoms with Crippen molar-refractivity contribution in [1.29, 1.82) is 0 Å². The zero-order valence-corrected chi connectivity index (χ0v) is 11.9. The van der Waals surface area contributed by atoms with Crippen LogP contribution in [-0.4, -0.2) is 12.1 Å². The molecule has 4 heteroatoms. The number of fused-ring (bicyclic) bond motifs is 1. The molecule has 3 nitrogen and oxygen atoms in total. The molecular weight excluding hydrogens is 272 g/mol. The summed E-state index contributed by atoms with van der Waals surface area (Å²) in [5, 5.41) is 5.32. The van der Waals surface area contributed by atoms with Crippen LogP contribution in [0, 0.1) is 0 Å². The van der Waals surface area contributed by atoms with E-state index in [0.717, 1.165) is 28.5 Å². The lowest BCUT2D eigenvalue weighted by Crippen LogP contribution is -1.98. The van der Waals surface area contributed by atoms with Gasteiger partial charge in [-0.3, -0.25) is 0 Å². The van der Waals surface area contributed by atoms with Gasteiger partial charge in [-0.1, -0.05) is 23.7 Å². The van der Waals surface area contributed by atoms with E-state index in [0.29, 0.717) is 0 Å². The lowest BCUT2D eigenvalue weighted by Gasteiger charge is -2.07. The van der Waals surface area contributed by atoms with E-state index in [9.17, 15) is 0 Å². The molecule has 0 amide bonds. The molecule has 0 atom stereocenters. The molecule has 20 heavy (non-hydrogen) atoms. The fraction of sp³-hybridized carbons (Fsp3) is 0.125. The number of H-pyrrole nitrogens is 1. The molecule has 0 aliphatic heterocycles. The lowest BCUT2D eigenvalue weighted by molar-refractivity contribution is 0.415. The van der Waals surface area contributed by atoms with Gasteiger partial charge in [0, 0.05) is 40.4 Å². The van der Waals surface area contributed by atoms with Crippen LogP contribution in [-0.2, 0) is 6.54 Å². The molecule has 3 rings (SSSR count). The second kappa shape index (κ2) is 5.47. The van der Waals surface area contributed by atoms with Crippen LogP contribution in [0.15, 0.2) is 48.7 Å². The maximum atomic E-state index is 5.98. The second-order valence-electron chi connectivity index (χ2n) is 4.59. The first-order chi connectivity index (χ1) is 9.76. The van der Waals surface area contributed by atoms with Crippen molar-refractivity contribution < 1.29 is 4.74 Å². The van der Waals surface area contributed by atoms with Gasteiger partial charge in [-0.05, 0) is 29.8 Å². The van der Waals surface area contributed by atoms with Gasteiger partial charge in [-0.25, -0.2) is 0 Å². The first-order valence-electron chi connectivity index (χ1n) is 6.40. The highest BCUT2D eigenvalue weighted by molar-refractivity contribution is 6.31. The molecule has 0 radical (unpaired) electrons. The molecule has 2 N–H and O–H groups in total. The SMILES string of the molecule is COc1cccc(NCc2c[nH]c3cc(Cl)ccc23)c1. The second-order valence-corrected chi connectivity index (χ2v) is 5.03. The van der Waals surface area contributed by atoms with E-state index in [-0.39, 0.29) is 0 Å². The summed E-state index contributed by atoms with van der Waals surface area (Å²) in [6.07, 6.45) is 2.01. The Bertz CT molecular complexity index is 736. The molecular formula is C16H15ClN2O. The molecule has 0 spiro atoms. The Hall–Kier alpha value is -2.13. The van der Waals surface area contributed by atoms with E-state index in [1.165, 1.54) is 10.9 Å². The van der Waals surface area contributed by atoms with Crippen LogP contribution in [0.4, 0.5) is 5.69 Å². The van der Waals surface area contributed by atoms with Gasteiger partial charge in [0.25, 0.3) is 0 Å². The summed E-state index contributed by atoms with van der Waals surface area (Å²) >= 11 is 5.98. The maximum Gasteiger partial charge on any atom is 0.120 e. The highest BCUT2D eigenvalue weighted by Crippen LogP contribution is 2.23. The summed E-state index contributed by atoms with van der Waals surface area (Å²) in [6.45, 7) is 0.745. The number of aromatic nitrogens is 1. The number of ether oxygens (including phenoxy) is 1. The van der Waals surface area contributed by atoms with E-state index in [2.05, 4.69) is 10.3 Å². The highest BCUT2D eigenvalue weighted by Gasteiger charge is 2.04. The van der Waals surface area contributed by atoms with Crippen molar-refractivity contribution in [1.82, 2.24) is 4.98 Å². The number of nitrogens with one attached hydrogen (secondary N) is 2. The van der Waals surface area contributed by atoms with Crippen molar-refractivity contribution in [3.8, 4) is 5.75 Å². The van der Waals surface area contributed by atoms with E-state index >= 15 is 0 Å². The minimum Gasteiger partial charge on any atom is -0.497 e. The molecule has 2 aromatic carbocycles. The zero-order chi connectivity index (χ0) is 13.9. The molecule has 0 saturated heterocycles. The first kappa shape index (κ1) is 12.9. The van der Waals surface area contributed by atoms with E-state index in [1.54, 1.807) is 7.11 Å². The van der Waals surface area contributed by atoms with Gasteiger partial charge in [-0.15, -0.1) is 0 Å². The third-order valence-corrected chi connectivity index (χ3v) is 3.52. The molecule has 1 heterocycles. The molecule has 0 bridgehead atoms. The topological polar surface area (TPSA) is 37.0 Å². The van der Waals surface area contributed by atoms with E-state index in [1.807, 2.05) is 48.7 Å². The number of aromatic amines is 1. The average Bonchev–Trinajstić information content (AvgIpc) is 2.87. The van der Waals surface area contributed by atoms with Crippen molar-refractivity contribution in [3.63, 3.8) is 0 Å². The van der Waals surface area contributed by atoms with Crippen LogP contribution in [0.5, 0.6) is 5.75 Å². The summed E-state index contributed by atoms with van der Waals surface area (Å²) in [4.78, 5) is 3.24. The fourth-order valence-corrected chi connectivity index (χ4v) is 2.41. The molecule has 1 aromatic heterocycles. The molecule has 0 saturated carbocycles. The van der Waals surface area contributed by atoms with Crippen LogP contribution >= 0.6 is 11.6 Å². The summed E-state index contributed by atoms with van der Waals surface area (Å²) in [6, 6.07) is 13.8. The zero-order valence-electron chi connectivity index (χ0n) is 11.1. The summed E-state index contributed by atoms with van der Waals surface area (Å²) < 4.78 is 5.21. The quantitative estimate of drug-likeness (QED) is 0.744.